The summed E-state index contributed by atoms with van der Waals surface area (Å²) in [5, 5.41) is 0. The van der Waals surface area contributed by atoms with Gasteiger partial charge in [-0.3, -0.25) is 23.5 Å². The standard InChI is InChI=1S/C17H18N2O5/c1-18-13(10-15(21)19(2)17(18)23)11-24-16(22)9-8-14(20)12-6-4-3-5-7-12/h3-7,10H,8-9,11H2,1-2H3. The number of aromatic nitrogens is 2. The molecule has 24 heavy (non-hydrogen) atoms. The summed E-state index contributed by atoms with van der Waals surface area (Å²) in [4.78, 5) is 47.0. The van der Waals surface area contributed by atoms with Gasteiger partial charge in [-0.2, -0.15) is 0 Å². The van der Waals surface area contributed by atoms with Crippen LogP contribution in [0.3, 0.4) is 0 Å². The lowest BCUT2D eigenvalue weighted by molar-refractivity contribution is -0.145. The van der Waals surface area contributed by atoms with Crippen LogP contribution in [0.5, 0.6) is 0 Å². The molecule has 0 aliphatic rings. The van der Waals surface area contributed by atoms with Crippen molar-refractivity contribution in [3.63, 3.8) is 0 Å². The number of carbonyl (C=O) groups is 2. The van der Waals surface area contributed by atoms with E-state index in [2.05, 4.69) is 0 Å². The molecular formula is C17H18N2O5. The lowest BCUT2D eigenvalue weighted by Crippen LogP contribution is -2.38. The zero-order chi connectivity index (χ0) is 17.7. The number of rotatable bonds is 6. The molecule has 0 fully saturated rings. The minimum absolute atomic E-state index is 0.0400. The van der Waals surface area contributed by atoms with Crippen LogP contribution in [0.15, 0.2) is 46.0 Å². The first-order chi connectivity index (χ1) is 11.4. The highest BCUT2D eigenvalue weighted by Crippen LogP contribution is 2.06. The second-order valence-corrected chi connectivity index (χ2v) is 5.32. The average Bonchev–Trinajstić information content (AvgIpc) is 2.60. The molecule has 1 heterocycles. The molecular weight excluding hydrogens is 312 g/mol. The molecule has 7 nitrogen and oxygen atoms in total. The van der Waals surface area contributed by atoms with Crippen LogP contribution in [0.2, 0.25) is 0 Å². The number of benzene rings is 1. The van der Waals surface area contributed by atoms with Crippen molar-refractivity contribution in [2.24, 2.45) is 14.1 Å². The summed E-state index contributed by atoms with van der Waals surface area (Å²) in [7, 11) is 2.86. The highest BCUT2D eigenvalue weighted by atomic mass is 16.5. The van der Waals surface area contributed by atoms with Crippen LogP contribution in [0.1, 0.15) is 28.9 Å². The number of nitrogens with zero attached hydrogens (tertiary/aromatic N) is 2. The van der Waals surface area contributed by atoms with Crippen molar-refractivity contribution in [3.8, 4) is 0 Å². The first-order valence-corrected chi connectivity index (χ1v) is 7.40. The van der Waals surface area contributed by atoms with Crippen molar-refractivity contribution in [1.29, 1.82) is 0 Å². The van der Waals surface area contributed by atoms with Crippen molar-refractivity contribution in [2.75, 3.05) is 0 Å². The van der Waals surface area contributed by atoms with Gasteiger partial charge in [-0.05, 0) is 0 Å². The maximum atomic E-state index is 11.9. The monoisotopic (exact) mass is 330 g/mol. The van der Waals surface area contributed by atoms with E-state index in [0.717, 1.165) is 4.57 Å². The van der Waals surface area contributed by atoms with Gasteiger partial charge in [0.1, 0.15) is 6.61 Å². The summed E-state index contributed by atoms with van der Waals surface area (Å²) >= 11 is 0. The SMILES string of the molecule is Cn1c(COC(=O)CCC(=O)c2ccccc2)cc(=O)n(C)c1=O. The van der Waals surface area contributed by atoms with Crippen LogP contribution in [-0.4, -0.2) is 20.9 Å². The van der Waals surface area contributed by atoms with E-state index < -0.39 is 17.2 Å². The lowest BCUT2D eigenvalue weighted by Gasteiger charge is -2.10. The zero-order valence-electron chi connectivity index (χ0n) is 13.5. The Morgan fingerprint density at radius 3 is 2.33 bits per heavy atom. The topological polar surface area (TPSA) is 87.4 Å². The molecule has 0 atom stereocenters. The lowest BCUT2D eigenvalue weighted by atomic mass is 10.1. The molecule has 2 rings (SSSR count). The van der Waals surface area contributed by atoms with Crippen molar-refractivity contribution in [1.82, 2.24) is 9.13 Å². The van der Waals surface area contributed by atoms with E-state index >= 15 is 0 Å². The smallest absolute Gasteiger partial charge is 0.330 e. The van der Waals surface area contributed by atoms with Gasteiger partial charge < -0.3 is 4.74 Å². The molecule has 0 aliphatic carbocycles. The van der Waals surface area contributed by atoms with E-state index in [1.54, 1.807) is 30.3 Å². The second kappa shape index (κ2) is 7.54. The van der Waals surface area contributed by atoms with E-state index in [1.807, 2.05) is 0 Å². The first-order valence-electron chi connectivity index (χ1n) is 7.40. The summed E-state index contributed by atoms with van der Waals surface area (Å²) in [6.45, 7) is -0.194. The fraction of sp³-hybridized carbons (Fsp3) is 0.294. The molecule has 0 radical (unpaired) electrons. The molecule has 0 saturated carbocycles. The van der Waals surface area contributed by atoms with Crippen LogP contribution in [-0.2, 0) is 30.2 Å². The number of Topliss-reactive ketones (excluding diaryl/α,β-unsaturated/α-hetero) is 1. The molecule has 0 amide bonds. The fourth-order valence-electron chi connectivity index (χ4n) is 2.13. The minimum Gasteiger partial charge on any atom is -0.459 e. The predicted octanol–water partition coefficient (Wildman–Crippen LogP) is 0.790. The normalized spacial score (nSPS) is 10.4. The summed E-state index contributed by atoms with van der Waals surface area (Å²) in [6.07, 6.45) is -0.0230. The van der Waals surface area contributed by atoms with Crippen LogP contribution in [0, 0.1) is 0 Å². The Balaban J connectivity index is 1.91. The van der Waals surface area contributed by atoms with Gasteiger partial charge in [0, 0.05) is 32.1 Å². The summed E-state index contributed by atoms with van der Waals surface area (Å²) in [5.74, 6) is -0.707. The molecule has 126 valence electrons. The van der Waals surface area contributed by atoms with Gasteiger partial charge in [-0.25, -0.2) is 4.79 Å². The molecule has 1 aromatic heterocycles. The van der Waals surface area contributed by atoms with Crippen molar-refractivity contribution in [3.05, 3.63) is 68.5 Å². The second-order valence-electron chi connectivity index (χ2n) is 5.32. The van der Waals surface area contributed by atoms with Gasteiger partial charge in [0.15, 0.2) is 5.78 Å². The summed E-state index contributed by atoms with van der Waals surface area (Å²) in [5.41, 5.74) is -0.124. The third-order valence-electron chi connectivity index (χ3n) is 3.66. The van der Waals surface area contributed by atoms with Gasteiger partial charge in [0.25, 0.3) is 5.56 Å². The Hall–Kier alpha value is -2.96. The van der Waals surface area contributed by atoms with E-state index in [1.165, 1.54) is 24.7 Å². The molecule has 0 saturated heterocycles. The minimum atomic E-state index is -0.563. The average molecular weight is 330 g/mol. The third-order valence-corrected chi connectivity index (χ3v) is 3.66. The Bertz CT molecular complexity index is 865. The molecule has 0 spiro atoms. The molecule has 7 heteroatoms. The molecule has 0 unspecified atom stereocenters. The van der Waals surface area contributed by atoms with Crippen LogP contribution < -0.4 is 11.2 Å². The largest absolute Gasteiger partial charge is 0.459 e. The van der Waals surface area contributed by atoms with Gasteiger partial charge in [0.05, 0.1) is 12.1 Å². The molecule has 0 bridgehead atoms. The number of carbonyl (C=O) groups excluding carboxylic acids is 2. The summed E-state index contributed by atoms with van der Waals surface area (Å²) < 4.78 is 7.25. The molecule has 0 N–H and O–H groups in total. The number of hydrogen-bond donors (Lipinski definition) is 0. The van der Waals surface area contributed by atoms with E-state index in [9.17, 15) is 19.2 Å². The summed E-state index contributed by atoms with van der Waals surface area (Å²) in [6, 6.07) is 9.92. The van der Waals surface area contributed by atoms with Gasteiger partial charge >= 0.3 is 11.7 Å². The first kappa shape index (κ1) is 17.4. The van der Waals surface area contributed by atoms with E-state index in [0.29, 0.717) is 11.3 Å². The highest BCUT2D eigenvalue weighted by molar-refractivity contribution is 5.97. The maximum Gasteiger partial charge on any atom is 0.330 e. The van der Waals surface area contributed by atoms with Crippen molar-refractivity contribution >= 4 is 11.8 Å². The van der Waals surface area contributed by atoms with Gasteiger partial charge in [0.2, 0.25) is 0 Å². The Morgan fingerprint density at radius 1 is 1.00 bits per heavy atom. The van der Waals surface area contributed by atoms with Gasteiger partial charge in [-0.1, -0.05) is 30.3 Å². The van der Waals surface area contributed by atoms with Gasteiger partial charge in [-0.15, -0.1) is 0 Å². The number of ketones is 1. The Kier molecular flexibility index (Phi) is 5.47. The van der Waals surface area contributed by atoms with Crippen molar-refractivity contribution in [2.45, 2.75) is 19.4 Å². The number of esters is 1. The van der Waals surface area contributed by atoms with E-state index in [-0.39, 0.29) is 25.2 Å². The fourth-order valence-corrected chi connectivity index (χ4v) is 2.13. The van der Waals surface area contributed by atoms with Crippen LogP contribution in [0.25, 0.3) is 0 Å². The molecule has 2 aromatic rings. The third kappa shape index (κ3) is 4.07. The Morgan fingerprint density at radius 2 is 1.67 bits per heavy atom. The quantitative estimate of drug-likeness (QED) is 0.577. The van der Waals surface area contributed by atoms with Crippen molar-refractivity contribution < 1.29 is 14.3 Å². The number of hydrogen-bond acceptors (Lipinski definition) is 5. The predicted molar refractivity (Wildman–Crippen MR) is 86.7 cm³/mol. The Labute approximate surface area is 138 Å². The molecule has 1 aromatic carbocycles. The van der Waals surface area contributed by atoms with Crippen LogP contribution >= 0.6 is 0 Å². The zero-order valence-corrected chi connectivity index (χ0v) is 13.5. The maximum absolute atomic E-state index is 11.9. The van der Waals surface area contributed by atoms with E-state index in [4.69, 9.17) is 4.74 Å². The molecule has 0 aliphatic heterocycles. The van der Waals surface area contributed by atoms with Crippen LogP contribution in [0.4, 0.5) is 0 Å². The number of ether oxygens (including phenoxy) is 1. The highest BCUT2D eigenvalue weighted by Gasteiger charge is 2.12.